The molecule has 0 unspecified atom stereocenters. The highest BCUT2D eigenvalue weighted by Gasteiger charge is 2.19. The van der Waals surface area contributed by atoms with Gasteiger partial charge in [0.2, 0.25) is 0 Å². The Morgan fingerprint density at radius 3 is 1.05 bits per heavy atom. The third-order valence-electron chi connectivity index (χ3n) is 10.3. The molecule has 0 heterocycles. The molecule has 1 atom stereocenters. The lowest BCUT2D eigenvalue weighted by Gasteiger charge is -2.18. The summed E-state index contributed by atoms with van der Waals surface area (Å²) in [4.78, 5) is 37.8. The number of unbranched alkanes of at least 4 members (excludes halogenated alkanes) is 22. The summed E-state index contributed by atoms with van der Waals surface area (Å²) in [6.45, 7) is 6.47. The minimum atomic E-state index is -0.781. The molecule has 0 radical (unpaired) electrons. The number of hydrogen-bond acceptors (Lipinski definition) is 6. The Kier molecular flexibility index (Phi) is 44.5. The van der Waals surface area contributed by atoms with Gasteiger partial charge in [0.15, 0.2) is 6.10 Å². The third kappa shape index (κ3) is 44.2. The second-order valence-electron chi connectivity index (χ2n) is 16.0. The summed E-state index contributed by atoms with van der Waals surface area (Å²) >= 11 is 0. The molecule has 0 aromatic carbocycles. The van der Waals surface area contributed by atoms with Gasteiger partial charge in [-0.25, -0.2) is 0 Å². The van der Waals surface area contributed by atoms with E-state index in [0.29, 0.717) is 19.3 Å². The Morgan fingerprint density at radius 1 is 0.362 bits per heavy atom. The molecule has 0 amide bonds. The normalized spacial score (nSPS) is 12.5. The largest absolute Gasteiger partial charge is 0.462 e. The lowest BCUT2D eigenvalue weighted by molar-refractivity contribution is -0.167. The minimum Gasteiger partial charge on any atom is -0.462 e. The Balaban J connectivity index is 4.38. The first-order valence-corrected chi connectivity index (χ1v) is 24.3. The maximum atomic E-state index is 12.7. The fraction of sp³-hybridized carbons (Fsp3) is 0.750. The van der Waals surface area contributed by atoms with Crippen molar-refractivity contribution in [3.63, 3.8) is 0 Å². The minimum absolute atomic E-state index is 0.0822. The van der Waals surface area contributed by atoms with Gasteiger partial charge in [-0.1, -0.05) is 210 Å². The highest BCUT2D eigenvalue weighted by atomic mass is 16.6. The molecule has 0 aromatic heterocycles. The lowest BCUT2D eigenvalue weighted by atomic mass is 10.1. The van der Waals surface area contributed by atoms with Crippen LogP contribution in [0.3, 0.4) is 0 Å². The predicted molar refractivity (Wildman–Crippen MR) is 247 cm³/mol. The molecule has 0 aromatic rings. The fourth-order valence-corrected chi connectivity index (χ4v) is 6.64. The van der Waals surface area contributed by atoms with E-state index in [2.05, 4.69) is 81.5 Å². The van der Waals surface area contributed by atoms with Crippen LogP contribution in [0, 0.1) is 0 Å². The Bertz CT molecular complexity index is 1070. The van der Waals surface area contributed by atoms with Crippen LogP contribution in [0.4, 0.5) is 0 Å². The van der Waals surface area contributed by atoms with Gasteiger partial charge in [0.05, 0.1) is 0 Å². The van der Waals surface area contributed by atoms with Gasteiger partial charge >= 0.3 is 17.9 Å². The molecular formula is C52H90O6. The number of rotatable bonds is 43. The van der Waals surface area contributed by atoms with E-state index in [1.165, 1.54) is 96.3 Å². The van der Waals surface area contributed by atoms with E-state index in [0.717, 1.165) is 96.3 Å². The summed E-state index contributed by atoms with van der Waals surface area (Å²) in [6.07, 6.45) is 56.3. The number of hydrogen-bond donors (Lipinski definition) is 0. The Labute approximate surface area is 358 Å². The Hall–Kier alpha value is -2.89. The zero-order valence-electron chi connectivity index (χ0n) is 38.0. The summed E-state index contributed by atoms with van der Waals surface area (Å²) in [6, 6.07) is 0. The number of carbonyl (C=O) groups excluding carboxylic acids is 3. The molecule has 6 heteroatoms. The molecule has 0 aliphatic carbocycles. The number of allylic oxidation sites excluding steroid dienone is 10. The van der Waals surface area contributed by atoms with Crippen molar-refractivity contribution >= 4 is 17.9 Å². The van der Waals surface area contributed by atoms with Crippen molar-refractivity contribution < 1.29 is 28.6 Å². The second kappa shape index (κ2) is 46.8. The summed E-state index contributed by atoms with van der Waals surface area (Å²) < 4.78 is 16.7. The summed E-state index contributed by atoms with van der Waals surface area (Å²) in [5.74, 6) is -0.916. The number of carbonyl (C=O) groups is 3. The molecule has 0 bridgehead atoms. The van der Waals surface area contributed by atoms with Crippen LogP contribution in [0.1, 0.15) is 233 Å². The van der Waals surface area contributed by atoms with Crippen LogP contribution in [-0.4, -0.2) is 37.2 Å². The van der Waals surface area contributed by atoms with Crippen LogP contribution in [0.5, 0.6) is 0 Å². The quantitative estimate of drug-likeness (QED) is 0.0264. The maximum Gasteiger partial charge on any atom is 0.306 e. The first-order chi connectivity index (χ1) is 28.5. The van der Waals surface area contributed by atoms with E-state index in [-0.39, 0.29) is 31.1 Å². The highest BCUT2D eigenvalue weighted by molar-refractivity contribution is 5.71. The zero-order chi connectivity index (χ0) is 42.3. The topological polar surface area (TPSA) is 78.9 Å². The molecule has 0 saturated heterocycles. The highest BCUT2D eigenvalue weighted by Crippen LogP contribution is 2.14. The summed E-state index contributed by atoms with van der Waals surface area (Å²) in [7, 11) is 0. The molecule has 0 aliphatic heterocycles. The molecule has 0 aliphatic rings. The average molecular weight is 811 g/mol. The number of esters is 3. The van der Waals surface area contributed by atoms with Gasteiger partial charge in [0, 0.05) is 19.3 Å². The lowest BCUT2D eigenvalue weighted by Crippen LogP contribution is -2.30. The van der Waals surface area contributed by atoms with Crippen molar-refractivity contribution in [1.82, 2.24) is 0 Å². The molecule has 334 valence electrons. The molecular weight excluding hydrogens is 721 g/mol. The van der Waals surface area contributed by atoms with Crippen molar-refractivity contribution in [1.29, 1.82) is 0 Å². The van der Waals surface area contributed by atoms with Gasteiger partial charge in [-0.3, -0.25) is 14.4 Å². The molecule has 0 N–H and O–H groups in total. The Morgan fingerprint density at radius 2 is 0.672 bits per heavy atom. The van der Waals surface area contributed by atoms with Gasteiger partial charge in [-0.15, -0.1) is 0 Å². The number of ether oxygens (including phenoxy) is 3. The van der Waals surface area contributed by atoms with Crippen LogP contribution >= 0.6 is 0 Å². The van der Waals surface area contributed by atoms with Gasteiger partial charge in [-0.05, 0) is 64.2 Å². The molecule has 58 heavy (non-hydrogen) atoms. The standard InChI is InChI=1S/C52H90O6/c1-4-7-10-13-16-19-22-23-24-25-26-27-28-29-31-33-36-39-42-45-51(54)57-48-49(47-56-50(53)44-41-38-35-32-21-18-15-12-9-6-3)58-52(55)46-43-40-37-34-30-20-17-14-11-8-5-2/h7,10,16,19,23-24,26-27,29,31,49H,4-6,8-9,11-15,17-18,20-22,25,28,30,32-48H2,1-3H3/b10-7-,19-16-,24-23-,27-26-,31-29-/t49-/m1/s1. The van der Waals surface area contributed by atoms with Crippen LogP contribution in [0.2, 0.25) is 0 Å². The van der Waals surface area contributed by atoms with E-state index < -0.39 is 6.10 Å². The van der Waals surface area contributed by atoms with Crippen molar-refractivity contribution in [2.75, 3.05) is 13.2 Å². The second-order valence-corrected chi connectivity index (χ2v) is 16.0. The SMILES string of the molecule is CC/C=C\C/C=C\C/C=C\C/C=C\C/C=C\CCCCCC(=O)OC[C@@H](COC(=O)CCCCCCCCCCCC)OC(=O)CCCCCCCCCCCCC. The van der Waals surface area contributed by atoms with E-state index >= 15 is 0 Å². The van der Waals surface area contributed by atoms with Crippen LogP contribution in [0.25, 0.3) is 0 Å². The van der Waals surface area contributed by atoms with Crippen molar-refractivity contribution in [2.24, 2.45) is 0 Å². The van der Waals surface area contributed by atoms with E-state index in [1.807, 2.05) is 0 Å². The van der Waals surface area contributed by atoms with Gasteiger partial charge in [-0.2, -0.15) is 0 Å². The fourth-order valence-electron chi connectivity index (χ4n) is 6.64. The average Bonchev–Trinajstić information content (AvgIpc) is 3.22. The zero-order valence-corrected chi connectivity index (χ0v) is 38.0. The van der Waals surface area contributed by atoms with E-state index in [4.69, 9.17) is 14.2 Å². The molecule has 0 rings (SSSR count). The van der Waals surface area contributed by atoms with Crippen molar-refractivity contribution in [3.8, 4) is 0 Å². The molecule has 0 saturated carbocycles. The van der Waals surface area contributed by atoms with Crippen LogP contribution < -0.4 is 0 Å². The predicted octanol–water partition coefficient (Wildman–Crippen LogP) is 15.7. The van der Waals surface area contributed by atoms with Crippen molar-refractivity contribution in [2.45, 2.75) is 239 Å². The monoisotopic (exact) mass is 811 g/mol. The van der Waals surface area contributed by atoms with E-state index in [1.54, 1.807) is 0 Å². The molecule has 6 nitrogen and oxygen atoms in total. The summed E-state index contributed by atoms with van der Waals surface area (Å²) in [5, 5.41) is 0. The third-order valence-corrected chi connectivity index (χ3v) is 10.3. The molecule has 0 spiro atoms. The maximum absolute atomic E-state index is 12.7. The summed E-state index contributed by atoms with van der Waals surface area (Å²) in [5.41, 5.74) is 0. The first-order valence-electron chi connectivity index (χ1n) is 24.3. The van der Waals surface area contributed by atoms with Crippen LogP contribution in [0.15, 0.2) is 60.8 Å². The molecule has 0 fully saturated rings. The smallest absolute Gasteiger partial charge is 0.306 e. The van der Waals surface area contributed by atoms with E-state index in [9.17, 15) is 14.4 Å². The van der Waals surface area contributed by atoms with Gasteiger partial charge in [0.1, 0.15) is 13.2 Å². The first kappa shape index (κ1) is 55.1. The van der Waals surface area contributed by atoms with Gasteiger partial charge in [0.25, 0.3) is 0 Å². The van der Waals surface area contributed by atoms with Crippen molar-refractivity contribution in [3.05, 3.63) is 60.8 Å². The van der Waals surface area contributed by atoms with Crippen LogP contribution in [-0.2, 0) is 28.6 Å². The van der Waals surface area contributed by atoms with Gasteiger partial charge < -0.3 is 14.2 Å².